The maximum absolute atomic E-state index is 12.3. The number of carbonyl (C=O) groups is 2. The molecule has 1 aromatic heterocycles. The van der Waals surface area contributed by atoms with Crippen molar-refractivity contribution in [2.45, 2.75) is 39.9 Å². The molecule has 1 aromatic carbocycles. The quantitative estimate of drug-likeness (QED) is 0.730. The second-order valence-corrected chi connectivity index (χ2v) is 6.92. The van der Waals surface area contributed by atoms with Crippen LogP contribution in [0.5, 0.6) is 5.75 Å². The van der Waals surface area contributed by atoms with Crippen LogP contribution >= 0.6 is 23.2 Å². The summed E-state index contributed by atoms with van der Waals surface area (Å²) in [5.41, 5.74) is 2.08. The highest BCUT2D eigenvalue weighted by Gasteiger charge is 2.25. The number of aromatic nitrogens is 2. The van der Waals surface area contributed by atoms with Crippen molar-refractivity contribution in [3.8, 4) is 5.75 Å². The van der Waals surface area contributed by atoms with Crippen LogP contribution in [0.2, 0.25) is 10.0 Å². The van der Waals surface area contributed by atoms with Crippen molar-refractivity contribution in [2.75, 3.05) is 5.32 Å². The molecule has 0 saturated heterocycles. The van der Waals surface area contributed by atoms with E-state index >= 15 is 0 Å². The van der Waals surface area contributed by atoms with Gasteiger partial charge in [0.05, 0.1) is 22.1 Å². The van der Waals surface area contributed by atoms with Crippen LogP contribution in [0.3, 0.4) is 0 Å². The Morgan fingerprint density at radius 2 is 1.85 bits per heavy atom. The molecular weight excluding hydrogens is 393 g/mol. The summed E-state index contributed by atoms with van der Waals surface area (Å²) < 4.78 is 12.3. The number of ether oxygens (including phenoxy) is 2. The van der Waals surface area contributed by atoms with Crippen molar-refractivity contribution in [1.29, 1.82) is 0 Å². The van der Waals surface area contributed by atoms with E-state index in [2.05, 4.69) is 10.4 Å². The molecule has 0 spiro atoms. The summed E-state index contributed by atoms with van der Waals surface area (Å²) >= 11 is 11.9. The van der Waals surface area contributed by atoms with Crippen LogP contribution < -0.4 is 10.1 Å². The Bertz CT molecular complexity index is 867. The fraction of sp³-hybridized carbons (Fsp3) is 0.389. The Morgan fingerprint density at radius 3 is 2.41 bits per heavy atom. The maximum atomic E-state index is 12.3. The van der Waals surface area contributed by atoms with Gasteiger partial charge in [-0.25, -0.2) is 4.79 Å². The molecule has 0 aliphatic rings. The Labute approximate surface area is 167 Å². The Balaban J connectivity index is 1.96. The number of carbonyl (C=O) groups excluding carboxylic acids is 2. The van der Waals surface area contributed by atoms with Crippen LogP contribution in [0.1, 0.15) is 25.2 Å². The fourth-order valence-electron chi connectivity index (χ4n) is 2.31. The third-order valence-corrected chi connectivity index (χ3v) is 4.48. The minimum atomic E-state index is -1.01. The average molecular weight is 414 g/mol. The second-order valence-electron chi connectivity index (χ2n) is 6.07. The molecule has 1 heterocycles. The molecule has 7 nitrogen and oxygen atoms in total. The Morgan fingerprint density at radius 1 is 1.19 bits per heavy atom. The van der Waals surface area contributed by atoms with Gasteiger partial charge in [0.1, 0.15) is 5.75 Å². The second kappa shape index (κ2) is 8.63. The van der Waals surface area contributed by atoms with Crippen LogP contribution in [0.15, 0.2) is 18.2 Å². The van der Waals surface area contributed by atoms with Gasteiger partial charge in [0.2, 0.25) is 0 Å². The first-order valence-corrected chi connectivity index (χ1v) is 8.99. The molecule has 0 aliphatic heterocycles. The SMILES string of the molecule is Cc1nn(C)c(C)c1NC(=O)[C@@H](C)OC(=O)[C@@H](C)Oc1ccc(Cl)cc1Cl. The molecule has 0 bridgehead atoms. The van der Waals surface area contributed by atoms with Crippen LogP contribution in [-0.4, -0.2) is 33.9 Å². The van der Waals surface area contributed by atoms with E-state index in [1.54, 1.807) is 30.8 Å². The number of benzene rings is 1. The maximum Gasteiger partial charge on any atom is 0.347 e. The summed E-state index contributed by atoms with van der Waals surface area (Å²) in [4.78, 5) is 24.6. The lowest BCUT2D eigenvalue weighted by Gasteiger charge is -2.18. The smallest absolute Gasteiger partial charge is 0.347 e. The lowest BCUT2D eigenvalue weighted by Crippen LogP contribution is -2.35. The summed E-state index contributed by atoms with van der Waals surface area (Å²) in [5.74, 6) is -0.855. The highest BCUT2D eigenvalue weighted by atomic mass is 35.5. The van der Waals surface area contributed by atoms with Crippen molar-refractivity contribution < 1.29 is 19.1 Å². The van der Waals surface area contributed by atoms with Gasteiger partial charge in [0.25, 0.3) is 5.91 Å². The number of anilines is 1. The first kappa shape index (κ1) is 21.1. The number of esters is 1. The molecule has 0 saturated carbocycles. The Hall–Kier alpha value is -2.25. The minimum Gasteiger partial charge on any atom is -0.477 e. The molecule has 0 aliphatic carbocycles. The molecule has 0 radical (unpaired) electrons. The molecule has 146 valence electrons. The molecule has 9 heteroatoms. The summed E-state index contributed by atoms with van der Waals surface area (Å²) in [6.45, 7) is 6.60. The van der Waals surface area contributed by atoms with Crippen molar-refractivity contribution in [3.63, 3.8) is 0 Å². The van der Waals surface area contributed by atoms with Crippen molar-refractivity contribution in [1.82, 2.24) is 9.78 Å². The molecular formula is C18H21Cl2N3O4. The van der Waals surface area contributed by atoms with Crippen LogP contribution in [-0.2, 0) is 21.4 Å². The van der Waals surface area contributed by atoms with Crippen molar-refractivity contribution in [3.05, 3.63) is 39.6 Å². The summed E-state index contributed by atoms with van der Waals surface area (Å²) in [5, 5.41) is 7.68. The topological polar surface area (TPSA) is 82.5 Å². The van der Waals surface area contributed by atoms with E-state index in [0.717, 1.165) is 5.69 Å². The summed E-state index contributed by atoms with van der Waals surface area (Å²) in [6.07, 6.45) is -1.97. The zero-order valence-corrected chi connectivity index (χ0v) is 17.2. The standard InChI is InChI=1S/C18H21Cl2N3O4/c1-9-16(10(2)23(5)22-9)21-17(24)11(3)27-18(25)12(4)26-15-7-6-13(19)8-14(15)20/h6-8,11-12H,1-5H3,(H,21,24)/t11-,12-/m1/s1. The number of amides is 1. The zero-order chi connectivity index (χ0) is 20.3. The van der Waals surface area contributed by atoms with E-state index in [1.165, 1.54) is 19.9 Å². The van der Waals surface area contributed by atoms with E-state index in [-0.39, 0.29) is 5.02 Å². The lowest BCUT2D eigenvalue weighted by molar-refractivity contribution is -0.159. The molecule has 1 amide bonds. The minimum absolute atomic E-state index is 0.274. The van der Waals surface area contributed by atoms with Gasteiger partial charge in [0, 0.05) is 12.1 Å². The fourth-order valence-corrected chi connectivity index (χ4v) is 2.77. The average Bonchev–Trinajstić information content (AvgIpc) is 2.83. The molecule has 2 rings (SSSR count). The predicted molar refractivity (Wildman–Crippen MR) is 103 cm³/mol. The van der Waals surface area contributed by atoms with Gasteiger partial charge in [-0.05, 0) is 45.9 Å². The van der Waals surface area contributed by atoms with Crippen LogP contribution in [0.4, 0.5) is 5.69 Å². The van der Waals surface area contributed by atoms with Crippen LogP contribution in [0.25, 0.3) is 0 Å². The molecule has 2 atom stereocenters. The van der Waals surface area contributed by atoms with E-state index < -0.39 is 24.1 Å². The zero-order valence-electron chi connectivity index (χ0n) is 15.7. The van der Waals surface area contributed by atoms with E-state index in [0.29, 0.717) is 22.2 Å². The number of nitrogens with zero attached hydrogens (tertiary/aromatic N) is 2. The normalized spacial score (nSPS) is 13.0. The number of halogens is 2. The number of hydrogen-bond donors (Lipinski definition) is 1. The van der Waals surface area contributed by atoms with Gasteiger partial charge in [-0.15, -0.1) is 0 Å². The van der Waals surface area contributed by atoms with E-state index in [9.17, 15) is 9.59 Å². The predicted octanol–water partition coefficient (Wildman–Crippen LogP) is 3.68. The number of hydrogen-bond acceptors (Lipinski definition) is 5. The lowest BCUT2D eigenvalue weighted by atomic mass is 10.3. The van der Waals surface area contributed by atoms with Gasteiger partial charge in [-0.2, -0.15) is 5.10 Å². The van der Waals surface area contributed by atoms with Gasteiger partial charge in [-0.3, -0.25) is 9.48 Å². The molecule has 1 N–H and O–H groups in total. The third-order valence-electron chi connectivity index (χ3n) is 3.95. The first-order chi connectivity index (χ1) is 12.6. The molecule has 2 aromatic rings. The summed E-state index contributed by atoms with van der Waals surface area (Å²) in [7, 11) is 1.78. The molecule has 0 unspecified atom stereocenters. The van der Waals surface area contributed by atoms with Gasteiger partial charge in [0.15, 0.2) is 12.2 Å². The van der Waals surface area contributed by atoms with Gasteiger partial charge < -0.3 is 14.8 Å². The van der Waals surface area contributed by atoms with Crippen LogP contribution in [0, 0.1) is 13.8 Å². The highest BCUT2D eigenvalue weighted by Crippen LogP contribution is 2.28. The molecule has 27 heavy (non-hydrogen) atoms. The van der Waals surface area contributed by atoms with E-state index in [4.69, 9.17) is 32.7 Å². The van der Waals surface area contributed by atoms with Gasteiger partial charge in [-0.1, -0.05) is 23.2 Å². The number of rotatable bonds is 6. The Kier molecular flexibility index (Phi) is 6.73. The van der Waals surface area contributed by atoms with Crippen molar-refractivity contribution in [2.24, 2.45) is 7.05 Å². The van der Waals surface area contributed by atoms with E-state index in [1.807, 2.05) is 6.92 Å². The number of nitrogens with one attached hydrogen (secondary N) is 1. The van der Waals surface area contributed by atoms with Crippen molar-refractivity contribution >= 4 is 40.8 Å². The third kappa shape index (κ3) is 5.14. The van der Waals surface area contributed by atoms with Gasteiger partial charge >= 0.3 is 5.97 Å². The number of aryl methyl sites for hydroxylation is 2. The summed E-state index contributed by atoms with van der Waals surface area (Å²) in [6, 6.07) is 4.65. The first-order valence-electron chi connectivity index (χ1n) is 8.23. The highest BCUT2D eigenvalue weighted by molar-refractivity contribution is 6.35. The largest absolute Gasteiger partial charge is 0.477 e. The molecule has 0 fully saturated rings. The monoisotopic (exact) mass is 413 g/mol.